The van der Waals surface area contributed by atoms with Gasteiger partial charge >= 0.3 is 5.97 Å². The SMILES string of the molecule is CCCN(Cc1nc(C(=O)OCC)cs1)S(=O)(=O)c1ccc([N+](=O)[O-])cc1. The van der Waals surface area contributed by atoms with Gasteiger partial charge in [0.1, 0.15) is 5.01 Å². The van der Waals surface area contributed by atoms with Gasteiger partial charge in [-0.3, -0.25) is 10.1 Å². The molecule has 0 atom stereocenters. The number of aromatic nitrogens is 1. The Labute approximate surface area is 160 Å². The molecular formula is C16H19N3O6S2. The molecule has 0 aliphatic carbocycles. The summed E-state index contributed by atoms with van der Waals surface area (Å²) in [5.41, 5.74) is -0.0453. The molecule has 9 nitrogen and oxygen atoms in total. The lowest BCUT2D eigenvalue weighted by molar-refractivity contribution is -0.384. The van der Waals surface area contributed by atoms with E-state index in [4.69, 9.17) is 4.74 Å². The van der Waals surface area contributed by atoms with Crippen LogP contribution in [0.2, 0.25) is 0 Å². The predicted molar refractivity (Wildman–Crippen MR) is 99.1 cm³/mol. The van der Waals surface area contributed by atoms with Gasteiger partial charge in [0, 0.05) is 24.1 Å². The summed E-state index contributed by atoms with van der Waals surface area (Å²) in [6.45, 7) is 3.99. The van der Waals surface area contributed by atoms with Crippen molar-refractivity contribution in [3.63, 3.8) is 0 Å². The summed E-state index contributed by atoms with van der Waals surface area (Å²) in [5, 5.41) is 12.7. The van der Waals surface area contributed by atoms with Crippen molar-refractivity contribution in [1.29, 1.82) is 0 Å². The molecule has 27 heavy (non-hydrogen) atoms. The molecule has 1 heterocycles. The average molecular weight is 413 g/mol. The number of nitro groups is 1. The number of rotatable bonds is 9. The van der Waals surface area contributed by atoms with Crippen molar-refractivity contribution < 1.29 is 22.9 Å². The molecule has 0 aliphatic heterocycles. The van der Waals surface area contributed by atoms with Crippen molar-refractivity contribution in [3.05, 3.63) is 50.5 Å². The summed E-state index contributed by atoms with van der Waals surface area (Å²) in [7, 11) is -3.86. The summed E-state index contributed by atoms with van der Waals surface area (Å²) < 4.78 is 31.9. The van der Waals surface area contributed by atoms with Gasteiger partial charge in [0.15, 0.2) is 5.69 Å². The van der Waals surface area contributed by atoms with Crippen LogP contribution in [0.4, 0.5) is 5.69 Å². The van der Waals surface area contributed by atoms with Crippen molar-refractivity contribution in [1.82, 2.24) is 9.29 Å². The van der Waals surface area contributed by atoms with Crippen LogP contribution < -0.4 is 0 Å². The molecule has 0 radical (unpaired) electrons. The third-order valence-electron chi connectivity index (χ3n) is 3.51. The second-order valence-corrected chi connectivity index (χ2v) is 8.32. The van der Waals surface area contributed by atoms with E-state index < -0.39 is 20.9 Å². The Bertz CT molecular complexity index is 908. The van der Waals surface area contributed by atoms with E-state index in [0.717, 1.165) is 12.1 Å². The van der Waals surface area contributed by atoms with Crippen LogP contribution in [0.15, 0.2) is 34.5 Å². The predicted octanol–water partition coefficient (Wildman–Crippen LogP) is 2.83. The highest BCUT2D eigenvalue weighted by Gasteiger charge is 2.26. The molecule has 0 amide bonds. The minimum atomic E-state index is -3.86. The number of non-ortho nitro benzene ring substituents is 1. The maximum Gasteiger partial charge on any atom is 0.357 e. The molecule has 0 aliphatic rings. The molecule has 0 spiro atoms. The summed E-state index contributed by atoms with van der Waals surface area (Å²) >= 11 is 1.17. The Hall–Kier alpha value is -2.37. The van der Waals surface area contributed by atoms with Gasteiger partial charge in [-0.2, -0.15) is 4.31 Å². The first-order valence-electron chi connectivity index (χ1n) is 8.15. The lowest BCUT2D eigenvalue weighted by Crippen LogP contribution is -2.31. The second kappa shape index (κ2) is 9.02. The third-order valence-corrected chi connectivity index (χ3v) is 6.20. The van der Waals surface area contributed by atoms with Crippen molar-refractivity contribution >= 4 is 33.0 Å². The van der Waals surface area contributed by atoms with E-state index in [-0.39, 0.29) is 36.0 Å². The fourth-order valence-electron chi connectivity index (χ4n) is 2.26. The van der Waals surface area contributed by atoms with Gasteiger partial charge in [-0.25, -0.2) is 18.2 Å². The van der Waals surface area contributed by atoms with Crippen LogP contribution >= 0.6 is 11.3 Å². The maximum atomic E-state index is 12.9. The van der Waals surface area contributed by atoms with Crippen LogP contribution in [0.1, 0.15) is 35.8 Å². The number of hydrogen-bond acceptors (Lipinski definition) is 8. The van der Waals surface area contributed by atoms with Crippen LogP contribution in [0, 0.1) is 10.1 Å². The zero-order valence-corrected chi connectivity index (χ0v) is 16.5. The first kappa shape index (κ1) is 20.9. The molecule has 0 fully saturated rings. The fourth-order valence-corrected chi connectivity index (χ4v) is 4.61. The lowest BCUT2D eigenvalue weighted by atomic mass is 10.3. The minimum absolute atomic E-state index is 0.00275. The van der Waals surface area contributed by atoms with Crippen molar-refractivity contribution in [2.45, 2.75) is 31.7 Å². The summed E-state index contributed by atoms with van der Waals surface area (Å²) in [6, 6.07) is 4.72. The highest BCUT2D eigenvalue weighted by molar-refractivity contribution is 7.89. The number of carbonyl (C=O) groups excluding carboxylic acids is 1. The maximum absolute atomic E-state index is 12.9. The van der Waals surface area contributed by atoms with Gasteiger partial charge in [0.2, 0.25) is 10.0 Å². The zero-order chi connectivity index (χ0) is 20.0. The first-order valence-corrected chi connectivity index (χ1v) is 10.5. The normalized spacial score (nSPS) is 11.5. The molecule has 1 aromatic carbocycles. The number of benzene rings is 1. The molecule has 0 unspecified atom stereocenters. The van der Waals surface area contributed by atoms with Gasteiger partial charge in [0.05, 0.1) is 23.0 Å². The van der Waals surface area contributed by atoms with Crippen LogP contribution in [0.25, 0.3) is 0 Å². The Kier molecular flexibility index (Phi) is 6.99. The number of thiazole rings is 1. The highest BCUT2D eigenvalue weighted by Crippen LogP contribution is 2.23. The van der Waals surface area contributed by atoms with Gasteiger partial charge in [-0.15, -0.1) is 11.3 Å². The highest BCUT2D eigenvalue weighted by atomic mass is 32.2. The molecule has 2 aromatic rings. The van der Waals surface area contributed by atoms with Gasteiger partial charge in [-0.05, 0) is 25.5 Å². The van der Waals surface area contributed by atoms with E-state index in [2.05, 4.69) is 4.98 Å². The Balaban J connectivity index is 2.25. The number of carbonyl (C=O) groups is 1. The molecule has 146 valence electrons. The summed E-state index contributed by atoms with van der Waals surface area (Å²) in [6.07, 6.45) is 0.572. The molecule has 1 aromatic heterocycles. The smallest absolute Gasteiger partial charge is 0.357 e. The Morgan fingerprint density at radius 1 is 1.30 bits per heavy atom. The largest absolute Gasteiger partial charge is 0.461 e. The van der Waals surface area contributed by atoms with Gasteiger partial charge < -0.3 is 4.74 Å². The van der Waals surface area contributed by atoms with Crippen LogP contribution in [-0.4, -0.2) is 41.8 Å². The second-order valence-electron chi connectivity index (χ2n) is 5.44. The Morgan fingerprint density at radius 3 is 2.52 bits per heavy atom. The first-order chi connectivity index (χ1) is 12.8. The van der Waals surface area contributed by atoms with Crippen molar-refractivity contribution in [3.8, 4) is 0 Å². The van der Waals surface area contributed by atoms with E-state index >= 15 is 0 Å². The number of nitro benzene ring substituents is 1. The number of nitrogens with zero attached hydrogens (tertiary/aromatic N) is 3. The van der Waals surface area contributed by atoms with E-state index in [1.54, 1.807) is 6.92 Å². The van der Waals surface area contributed by atoms with E-state index in [9.17, 15) is 23.3 Å². The van der Waals surface area contributed by atoms with Crippen molar-refractivity contribution in [2.24, 2.45) is 0 Å². The fraction of sp³-hybridized carbons (Fsp3) is 0.375. The number of ether oxygens (including phenoxy) is 1. The van der Waals surface area contributed by atoms with E-state index in [1.807, 2.05) is 6.92 Å². The number of esters is 1. The van der Waals surface area contributed by atoms with Gasteiger partial charge in [-0.1, -0.05) is 6.92 Å². The zero-order valence-electron chi connectivity index (χ0n) is 14.8. The minimum Gasteiger partial charge on any atom is -0.461 e. The molecule has 11 heteroatoms. The molecule has 0 saturated carbocycles. The quantitative estimate of drug-likeness (QED) is 0.352. The lowest BCUT2D eigenvalue weighted by Gasteiger charge is -2.20. The standard InChI is InChI=1S/C16H19N3O6S2/c1-3-9-18(10-15-17-14(11-26-15)16(20)25-4-2)27(23,24)13-7-5-12(6-8-13)19(21)22/h5-8,11H,3-4,9-10H2,1-2H3. The van der Waals surface area contributed by atoms with Crippen LogP contribution in [-0.2, 0) is 21.3 Å². The summed E-state index contributed by atoms with van der Waals surface area (Å²) in [5.74, 6) is -0.555. The van der Waals surface area contributed by atoms with Crippen LogP contribution in [0.3, 0.4) is 0 Å². The van der Waals surface area contributed by atoms with Gasteiger partial charge in [0.25, 0.3) is 5.69 Å². The summed E-state index contributed by atoms with van der Waals surface area (Å²) in [4.78, 5) is 26.0. The van der Waals surface area contributed by atoms with Crippen LogP contribution in [0.5, 0.6) is 0 Å². The monoisotopic (exact) mass is 413 g/mol. The molecular weight excluding hydrogens is 394 g/mol. The molecule has 0 bridgehead atoms. The average Bonchev–Trinajstić information content (AvgIpc) is 3.10. The topological polar surface area (TPSA) is 120 Å². The molecule has 0 saturated heterocycles. The van der Waals surface area contributed by atoms with Crippen molar-refractivity contribution in [2.75, 3.05) is 13.2 Å². The third kappa shape index (κ3) is 5.08. The number of sulfonamides is 1. The molecule has 0 N–H and O–H groups in total. The van der Waals surface area contributed by atoms with E-state index in [0.29, 0.717) is 11.4 Å². The Morgan fingerprint density at radius 2 is 1.96 bits per heavy atom. The number of hydrogen-bond donors (Lipinski definition) is 0. The molecule has 2 rings (SSSR count). The van der Waals surface area contributed by atoms with E-state index in [1.165, 1.54) is 33.2 Å².